The van der Waals surface area contributed by atoms with E-state index in [9.17, 15) is 4.79 Å². The van der Waals surface area contributed by atoms with Crippen molar-refractivity contribution in [3.8, 4) is 0 Å². The van der Waals surface area contributed by atoms with E-state index in [1.165, 1.54) is 32.1 Å². The van der Waals surface area contributed by atoms with Gasteiger partial charge in [0.2, 0.25) is 0 Å². The molecule has 0 saturated heterocycles. The lowest BCUT2D eigenvalue weighted by Crippen LogP contribution is -1.89. The molecule has 1 aliphatic carbocycles. The largest absolute Gasteiger partial charge is 0.300 e. The van der Waals surface area contributed by atoms with Gasteiger partial charge in [0.25, 0.3) is 0 Å². The maximum Gasteiger partial charge on any atom is 0.133 e. The van der Waals surface area contributed by atoms with Crippen molar-refractivity contribution >= 4 is 5.78 Å². The van der Waals surface area contributed by atoms with Gasteiger partial charge in [-0.3, -0.25) is 4.79 Å². The lowest BCUT2D eigenvalue weighted by Gasteiger charge is -1.99. The van der Waals surface area contributed by atoms with Crippen LogP contribution in [0.2, 0.25) is 0 Å². The minimum Gasteiger partial charge on any atom is -0.300 e. The first-order valence-corrected chi connectivity index (χ1v) is 6.01. The van der Waals surface area contributed by atoms with E-state index in [-0.39, 0.29) is 0 Å². The van der Waals surface area contributed by atoms with E-state index in [0.29, 0.717) is 11.7 Å². The van der Waals surface area contributed by atoms with Crippen molar-refractivity contribution in [3.05, 3.63) is 12.2 Å². The normalized spacial score (nSPS) is 22.4. The van der Waals surface area contributed by atoms with E-state index in [1.54, 1.807) is 0 Å². The van der Waals surface area contributed by atoms with Gasteiger partial charge in [-0.15, -0.1) is 0 Å². The standard InChI is InChI=1S/C13H22O/c1-2-3-4-5-6-7-8-12-9-10-13(14)11-12/h7-8,12H,2-6,9-11H2,1H3/b8-7+. The Labute approximate surface area is 87.6 Å². The van der Waals surface area contributed by atoms with Gasteiger partial charge in [-0.2, -0.15) is 0 Å². The van der Waals surface area contributed by atoms with Crippen molar-refractivity contribution in [2.24, 2.45) is 5.92 Å². The summed E-state index contributed by atoms with van der Waals surface area (Å²) in [4.78, 5) is 11.0. The van der Waals surface area contributed by atoms with Crippen molar-refractivity contribution in [3.63, 3.8) is 0 Å². The average molecular weight is 194 g/mol. The molecule has 0 bridgehead atoms. The van der Waals surface area contributed by atoms with Gasteiger partial charge in [-0.1, -0.05) is 38.3 Å². The molecular weight excluding hydrogens is 172 g/mol. The fourth-order valence-electron chi connectivity index (χ4n) is 1.98. The molecule has 0 aromatic heterocycles. The summed E-state index contributed by atoms with van der Waals surface area (Å²) in [6.07, 6.45) is 13.8. The predicted molar refractivity (Wildman–Crippen MR) is 60.2 cm³/mol. The maximum absolute atomic E-state index is 11.0. The number of carbonyl (C=O) groups is 1. The molecule has 1 unspecified atom stereocenters. The molecule has 1 fully saturated rings. The molecule has 0 spiro atoms. The Hall–Kier alpha value is -0.590. The summed E-state index contributed by atoms with van der Waals surface area (Å²) in [6.45, 7) is 2.24. The van der Waals surface area contributed by atoms with Crippen LogP contribution in [0.3, 0.4) is 0 Å². The Bertz CT molecular complexity index is 193. The first-order chi connectivity index (χ1) is 6.83. The highest BCUT2D eigenvalue weighted by Gasteiger charge is 2.18. The van der Waals surface area contributed by atoms with Gasteiger partial charge in [-0.05, 0) is 25.2 Å². The van der Waals surface area contributed by atoms with Gasteiger partial charge in [0.05, 0.1) is 0 Å². The third-order valence-electron chi connectivity index (χ3n) is 2.92. The van der Waals surface area contributed by atoms with Crippen LogP contribution in [0, 0.1) is 5.92 Å². The molecule has 0 aromatic carbocycles. The summed E-state index contributed by atoms with van der Waals surface area (Å²) in [5, 5.41) is 0. The molecule has 1 saturated carbocycles. The minimum atomic E-state index is 0.450. The highest BCUT2D eigenvalue weighted by atomic mass is 16.1. The number of unbranched alkanes of at least 4 members (excludes halogenated alkanes) is 4. The summed E-state index contributed by atoms with van der Waals surface area (Å²) in [7, 11) is 0. The van der Waals surface area contributed by atoms with Crippen LogP contribution in [0.4, 0.5) is 0 Å². The van der Waals surface area contributed by atoms with E-state index in [4.69, 9.17) is 0 Å². The van der Waals surface area contributed by atoms with Gasteiger partial charge in [0.1, 0.15) is 5.78 Å². The number of ketones is 1. The van der Waals surface area contributed by atoms with E-state index in [1.807, 2.05) is 0 Å². The smallest absolute Gasteiger partial charge is 0.133 e. The van der Waals surface area contributed by atoms with Crippen LogP contribution in [0.1, 0.15) is 58.3 Å². The van der Waals surface area contributed by atoms with Crippen molar-refractivity contribution in [2.75, 3.05) is 0 Å². The van der Waals surface area contributed by atoms with E-state index in [2.05, 4.69) is 19.1 Å². The summed E-state index contributed by atoms with van der Waals surface area (Å²) >= 11 is 0. The minimum absolute atomic E-state index is 0.450. The second-order valence-electron chi connectivity index (χ2n) is 4.32. The van der Waals surface area contributed by atoms with Crippen LogP contribution in [0.5, 0.6) is 0 Å². The summed E-state index contributed by atoms with van der Waals surface area (Å²) in [5.41, 5.74) is 0. The lowest BCUT2D eigenvalue weighted by molar-refractivity contribution is -0.117. The highest BCUT2D eigenvalue weighted by molar-refractivity contribution is 5.80. The Morgan fingerprint density at radius 3 is 2.86 bits per heavy atom. The van der Waals surface area contributed by atoms with E-state index >= 15 is 0 Å². The molecule has 1 atom stereocenters. The fraction of sp³-hybridized carbons (Fsp3) is 0.769. The van der Waals surface area contributed by atoms with Gasteiger partial charge in [0, 0.05) is 12.8 Å². The Morgan fingerprint density at radius 2 is 2.21 bits per heavy atom. The molecule has 14 heavy (non-hydrogen) atoms. The zero-order chi connectivity index (χ0) is 10.2. The molecule has 0 N–H and O–H groups in total. The molecule has 1 heteroatoms. The highest BCUT2D eigenvalue weighted by Crippen LogP contribution is 2.23. The SMILES string of the molecule is CCCCCC/C=C/C1CCC(=O)C1. The first kappa shape index (κ1) is 11.5. The van der Waals surface area contributed by atoms with Crippen LogP contribution >= 0.6 is 0 Å². The number of hydrogen-bond acceptors (Lipinski definition) is 1. The number of allylic oxidation sites excluding steroid dienone is 2. The average Bonchev–Trinajstić information content (AvgIpc) is 2.58. The number of hydrogen-bond donors (Lipinski definition) is 0. The van der Waals surface area contributed by atoms with Crippen LogP contribution < -0.4 is 0 Å². The van der Waals surface area contributed by atoms with Gasteiger partial charge < -0.3 is 0 Å². The molecule has 0 aliphatic heterocycles. The van der Waals surface area contributed by atoms with Gasteiger partial charge in [-0.25, -0.2) is 0 Å². The molecule has 0 aromatic rings. The zero-order valence-corrected chi connectivity index (χ0v) is 9.30. The fourth-order valence-corrected chi connectivity index (χ4v) is 1.98. The van der Waals surface area contributed by atoms with Crippen LogP contribution in [-0.4, -0.2) is 5.78 Å². The molecule has 0 heterocycles. The Morgan fingerprint density at radius 1 is 1.36 bits per heavy atom. The van der Waals surface area contributed by atoms with Crippen LogP contribution in [0.15, 0.2) is 12.2 Å². The van der Waals surface area contributed by atoms with Gasteiger partial charge in [0.15, 0.2) is 0 Å². The number of carbonyl (C=O) groups excluding carboxylic acids is 1. The topological polar surface area (TPSA) is 17.1 Å². The monoisotopic (exact) mass is 194 g/mol. The van der Waals surface area contributed by atoms with Crippen LogP contribution in [-0.2, 0) is 4.79 Å². The first-order valence-electron chi connectivity index (χ1n) is 6.01. The van der Waals surface area contributed by atoms with E-state index < -0.39 is 0 Å². The summed E-state index contributed by atoms with van der Waals surface area (Å²) < 4.78 is 0. The Balaban J connectivity index is 2.00. The van der Waals surface area contributed by atoms with Crippen molar-refractivity contribution in [1.29, 1.82) is 0 Å². The lowest BCUT2D eigenvalue weighted by atomic mass is 10.1. The molecule has 0 radical (unpaired) electrons. The van der Waals surface area contributed by atoms with Crippen molar-refractivity contribution in [2.45, 2.75) is 58.3 Å². The summed E-state index contributed by atoms with van der Waals surface area (Å²) in [6, 6.07) is 0. The van der Waals surface area contributed by atoms with Crippen molar-refractivity contribution in [1.82, 2.24) is 0 Å². The molecule has 1 aliphatic rings. The molecule has 1 rings (SSSR count). The van der Waals surface area contributed by atoms with Crippen molar-refractivity contribution < 1.29 is 4.79 Å². The molecule has 0 amide bonds. The van der Waals surface area contributed by atoms with Gasteiger partial charge >= 0.3 is 0 Å². The predicted octanol–water partition coefficient (Wildman–Crippen LogP) is 3.88. The number of rotatable bonds is 6. The second kappa shape index (κ2) is 6.80. The van der Waals surface area contributed by atoms with E-state index in [0.717, 1.165) is 19.3 Å². The van der Waals surface area contributed by atoms with Crippen LogP contribution in [0.25, 0.3) is 0 Å². The molecule has 80 valence electrons. The maximum atomic E-state index is 11.0. The third kappa shape index (κ3) is 4.59. The zero-order valence-electron chi connectivity index (χ0n) is 9.30. The second-order valence-corrected chi connectivity index (χ2v) is 4.32. The molecule has 1 nitrogen and oxygen atoms in total. The Kier molecular flexibility index (Phi) is 5.58. The quantitative estimate of drug-likeness (QED) is 0.463. The summed E-state index contributed by atoms with van der Waals surface area (Å²) in [5.74, 6) is 1.01. The number of Topliss-reactive ketones (excluding diaryl/α,β-unsaturated/α-hetero) is 1. The third-order valence-corrected chi connectivity index (χ3v) is 2.92. The molecular formula is C13H22O.